The molecule has 2 saturated heterocycles. The number of aromatic nitrogens is 4. The molecule has 2 unspecified atom stereocenters. The van der Waals surface area contributed by atoms with E-state index in [9.17, 15) is 0 Å². The number of ether oxygens (including phenoxy) is 5. The molecule has 4 heterocycles. The highest BCUT2D eigenvalue weighted by Gasteiger charge is 2.44. The average molecular weight is 875 g/mol. The van der Waals surface area contributed by atoms with Crippen LogP contribution in [0.3, 0.4) is 0 Å². The van der Waals surface area contributed by atoms with Crippen molar-refractivity contribution >= 4 is 0 Å². The van der Waals surface area contributed by atoms with E-state index in [1.54, 1.807) is 0 Å². The number of benzene rings is 4. The van der Waals surface area contributed by atoms with Gasteiger partial charge in [-0.25, -0.2) is 19.9 Å². The predicted octanol–water partition coefficient (Wildman–Crippen LogP) is 13.3. The Hall–Kier alpha value is -5.16. The molecule has 2 fully saturated rings. The van der Waals surface area contributed by atoms with E-state index < -0.39 is 23.8 Å². The zero-order chi connectivity index (χ0) is 45.2. The van der Waals surface area contributed by atoms with E-state index >= 15 is 0 Å². The van der Waals surface area contributed by atoms with Crippen LogP contribution in [-0.2, 0) is 36.5 Å². The Morgan fingerprint density at radius 3 is 1.14 bits per heavy atom. The molecule has 0 aliphatic carbocycles. The first-order valence-corrected chi connectivity index (χ1v) is 23.9. The fourth-order valence-electron chi connectivity index (χ4n) is 8.78. The Labute approximate surface area is 386 Å². The average Bonchev–Trinajstić information content (AvgIpc) is 3.89. The van der Waals surface area contributed by atoms with E-state index in [0.717, 1.165) is 57.3 Å². The van der Waals surface area contributed by atoms with Gasteiger partial charge in [0.1, 0.15) is 24.4 Å². The van der Waals surface area contributed by atoms with E-state index in [0.29, 0.717) is 24.9 Å². The molecule has 0 N–H and O–H groups in total. The van der Waals surface area contributed by atoms with Crippen LogP contribution in [0.4, 0.5) is 0 Å². The largest absolute Gasteiger partial charge is 0.360 e. The molecule has 8 rings (SSSR count). The molecule has 0 amide bonds. The van der Waals surface area contributed by atoms with E-state index in [4.69, 9.17) is 43.6 Å². The van der Waals surface area contributed by atoms with Gasteiger partial charge in [0.05, 0.1) is 13.2 Å². The highest BCUT2D eigenvalue weighted by Crippen LogP contribution is 2.41. The number of hydrogen-bond donors (Lipinski definition) is 0. The van der Waals surface area contributed by atoms with Crippen LogP contribution in [0, 0.1) is 0 Å². The second-order valence-electron chi connectivity index (χ2n) is 18.6. The van der Waals surface area contributed by atoms with Gasteiger partial charge in [-0.3, -0.25) is 0 Å². The highest BCUT2D eigenvalue weighted by atomic mass is 16.8. The standard InChI is InChI=1S/C56H66N4O5/c1-7-9-11-13-15-39-17-21-41(22-18-39)47-33-57-53(58-34-47)45-29-25-43(26-30-45)51(49-37-61-55(3,4)64-49)63-52(50-38-62-56(5,6)65-50)44-27-31-46(32-28-44)54-59-35-48(36-60-54)42-23-19-40(20-24-42)16-14-12-10-8-2/h17-36,49-52H,7-16,37-38H2,1-6H3/t49?,50?,51-,52-/m0/s1. The molecule has 340 valence electrons. The molecule has 6 aromatic rings. The quantitative estimate of drug-likeness (QED) is 0.0694. The smallest absolute Gasteiger partial charge is 0.163 e. The molecule has 2 aromatic heterocycles. The topological polar surface area (TPSA) is 97.7 Å². The van der Waals surface area contributed by atoms with Crippen molar-refractivity contribution in [2.45, 2.75) is 142 Å². The third-order valence-corrected chi connectivity index (χ3v) is 12.5. The molecule has 0 radical (unpaired) electrons. The van der Waals surface area contributed by atoms with E-state index in [1.807, 2.05) is 76.7 Å². The summed E-state index contributed by atoms with van der Waals surface area (Å²) in [6.07, 6.45) is 18.2. The normalized spacial score (nSPS) is 18.7. The van der Waals surface area contributed by atoms with Crippen LogP contribution in [0.1, 0.15) is 127 Å². The summed E-state index contributed by atoms with van der Waals surface area (Å²) < 4.78 is 32.4. The maximum atomic E-state index is 7.21. The lowest BCUT2D eigenvalue weighted by molar-refractivity contribution is -0.187. The van der Waals surface area contributed by atoms with E-state index in [-0.39, 0.29) is 12.2 Å². The lowest BCUT2D eigenvalue weighted by Crippen LogP contribution is -2.33. The molecule has 9 nitrogen and oxygen atoms in total. The van der Waals surface area contributed by atoms with Crippen molar-refractivity contribution in [3.63, 3.8) is 0 Å². The van der Waals surface area contributed by atoms with Gasteiger partial charge in [0.25, 0.3) is 0 Å². The number of unbranched alkanes of at least 4 members (excludes halogenated alkanes) is 6. The molecule has 9 heteroatoms. The van der Waals surface area contributed by atoms with Crippen molar-refractivity contribution in [3.8, 4) is 45.0 Å². The monoisotopic (exact) mass is 875 g/mol. The van der Waals surface area contributed by atoms with Gasteiger partial charge in [-0.1, -0.05) is 149 Å². The van der Waals surface area contributed by atoms with Gasteiger partial charge in [0, 0.05) is 47.0 Å². The summed E-state index contributed by atoms with van der Waals surface area (Å²) in [5.74, 6) is -0.195. The first kappa shape index (κ1) is 46.4. The van der Waals surface area contributed by atoms with Gasteiger partial charge in [0.2, 0.25) is 0 Å². The Bertz CT molecular complexity index is 2210. The molecule has 2 aliphatic heterocycles. The Kier molecular flexibility index (Phi) is 15.3. The lowest BCUT2D eigenvalue weighted by atomic mass is 9.99. The fourth-order valence-corrected chi connectivity index (χ4v) is 8.78. The van der Waals surface area contributed by atoms with Crippen LogP contribution in [0.5, 0.6) is 0 Å². The molecule has 0 bridgehead atoms. The Morgan fingerprint density at radius 2 is 0.815 bits per heavy atom. The third-order valence-electron chi connectivity index (χ3n) is 12.5. The van der Waals surface area contributed by atoms with Crippen molar-refractivity contribution in [1.29, 1.82) is 0 Å². The summed E-state index contributed by atoms with van der Waals surface area (Å²) in [4.78, 5) is 19.1. The minimum atomic E-state index is -0.754. The van der Waals surface area contributed by atoms with E-state index in [1.165, 1.54) is 62.5 Å². The van der Waals surface area contributed by atoms with Crippen molar-refractivity contribution in [1.82, 2.24) is 19.9 Å². The second kappa shape index (κ2) is 21.4. The molecular weight excluding hydrogens is 809 g/mol. The minimum Gasteiger partial charge on any atom is -0.360 e. The van der Waals surface area contributed by atoms with Gasteiger partial charge in [-0.15, -0.1) is 0 Å². The number of nitrogens with zero attached hydrogens (tertiary/aromatic N) is 4. The summed E-state index contributed by atoms with van der Waals surface area (Å²) in [6.45, 7) is 13.0. The SMILES string of the molecule is CCCCCCc1ccc(-c2cnc(-c3ccc([C@H](O[C@@H](c4ccc(-c5ncc(-c6ccc(CCCCCC)cc6)cn5)cc4)C4COC(C)(C)O4)C4COC(C)(C)O4)cc3)nc2)cc1. The van der Waals surface area contributed by atoms with Crippen molar-refractivity contribution in [2.24, 2.45) is 0 Å². The number of rotatable bonds is 20. The van der Waals surface area contributed by atoms with Crippen LogP contribution in [-0.4, -0.2) is 56.9 Å². The van der Waals surface area contributed by atoms with Gasteiger partial charge < -0.3 is 23.7 Å². The molecular formula is C56H66N4O5. The van der Waals surface area contributed by atoms with Crippen LogP contribution < -0.4 is 0 Å². The summed E-state index contributed by atoms with van der Waals surface area (Å²) in [6, 6.07) is 34.1. The highest BCUT2D eigenvalue weighted by molar-refractivity contribution is 5.65. The van der Waals surface area contributed by atoms with Crippen molar-refractivity contribution in [2.75, 3.05) is 13.2 Å². The molecule has 0 saturated carbocycles. The Balaban J connectivity index is 0.986. The van der Waals surface area contributed by atoms with Gasteiger partial charge in [0.15, 0.2) is 23.2 Å². The first-order chi connectivity index (χ1) is 31.6. The molecule has 4 aromatic carbocycles. The Morgan fingerprint density at radius 1 is 0.462 bits per heavy atom. The van der Waals surface area contributed by atoms with Crippen LogP contribution >= 0.6 is 0 Å². The third kappa shape index (κ3) is 12.2. The second-order valence-corrected chi connectivity index (χ2v) is 18.6. The summed E-state index contributed by atoms with van der Waals surface area (Å²) >= 11 is 0. The maximum Gasteiger partial charge on any atom is 0.163 e. The zero-order valence-electron chi connectivity index (χ0n) is 39.2. The molecule has 4 atom stereocenters. The zero-order valence-corrected chi connectivity index (χ0v) is 39.2. The van der Waals surface area contributed by atoms with Crippen molar-refractivity contribution in [3.05, 3.63) is 144 Å². The molecule has 65 heavy (non-hydrogen) atoms. The summed E-state index contributed by atoms with van der Waals surface area (Å²) in [7, 11) is 0. The van der Waals surface area contributed by atoms with Crippen LogP contribution in [0.25, 0.3) is 45.0 Å². The van der Waals surface area contributed by atoms with Crippen LogP contribution in [0.2, 0.25) is 0 Å². The molecule has 2 aliphatic rings. The van der Waals surface area contributed by atoms with E-state index in [2.05, 4.69) is 86.6 Å². The van der Waals surface area contributed by atoms with Crippen molar-refractivity contribution < 1.29 is 23.7 Å². The number of hydrogen-bond acceptors (Lipinski definition) is 9. The summed E-state index contributed by atoms with van der Waals surface area (Å²) in [5.41, 5.74) is 10.7. The predicted molar refractivity (Wildman–Crippen MR) is 258 cm³/mol. The lowest BCUT2D eigenvalue weighted by Gasteiger charge is -2.32. The fraction of sp³-hybridized carbons (Fsp3) is 0.429. The molecule has 0 spiro atoms. The number of aryl methyl sites for hydroxylation is 2. The minimum absolute atomic E-state index is 0.375. The maximum absolute atomic E-state index is 7.21. The van der Waals surface area contributed by atoms with Crippen LogP contribution in [0.15, 0.2) is 122 Å². The van der Waals surface area contributed by atoms with Gasteiger partial charge >= 0.3 is 0 Å². The van der Waals surface area contributed by atoms with Gasteiger partial charge in [-0.05, 0) is 86.8 Å². The first-order valence-electron chi connectivity index (χ1n) is 23.9. The van der Waals surface area contributed by atoms with Gasteiger partial charge in [-0.2, -0.15) is 0 Å². The summed E-state index contributed by atoms with van der Waals surface area (Å²) in [5, 5.41) is 0.